The number of amides is 1. The fourth-order valence-corrected chi connectivity index (χ4v) is 1.85. The van der Waals surface area contributed by atoms with Crippen molar-refractivity contribution in [1.29, 1.82) is 0 Å². The summed E-state index contributed by atoms with van der Waals surface area (Å²) in [6.45, 7) is 3.54. The van der Waals surface area contributed by atoms with Crippen molar-refractivity contribution < 1.29 is 18.7 Å². The van der Waals surface area contributed by atoms with Gasteiger partial charge in [0.1, 0.15) is 0 Å². The van der Waals surface area contributed by atoms with E-state index in [1.807, 2.05) is 6.92 Å². The molecule has 0 spiro atoms. The molecule has 20 heavy (non-hydrogen) atoms. The summed E-state index contributed by atoms with van der Waals surface area (Å²) in [5.41, 5.74) is 4.87. The quantitative estimate of drug-likeness (QED) is 0.840. The summed E-state index contributed by atoms with van der Waals surface area (Å²) in [7, 11) is 2.85. The summed E-state index contributed by atoms with van der Waals surface area (Å²) in [5, 5.41) is 2.49. The highest BCUT2D eigenvalue weighted by Gasteiger charge is 2.28. The van der Waals surface area contributed by atoms with Gasteiger partial charge < -0.3 is 20.5 Å². The minimum absolute atomic E-state index is 0.0143. The first-order chi connectivity index (χ1) is 9.35. The van der Waals surface area contributed by atoms with Gasteiger partial charge in [0.15, 0.2) is 17.3 Å². The molecule has 0 saturated heterocycles. The number of nitrogens with one attached hydrogen (secondary N) is 1. The first-order valence-electron chi connectivity index (χ1n) is 6.37. The SMILES string of the molecule is CCCC(C)(N)C(=O)Nc1cc(OC)c(OC)cc1F. The molecule has 1 aromatic rings. The molecule has 5 nitrogen and oxygen atoms in total. The summed E-state index contributed by atoms with van der Waals surface area (Å²) in [6.07, 6.45) is 1.27. The van der Waals surface area contributed by atoms with Crippen LogP contribution in [0.5, 0.6) is 11.5 Å². The zero-order valence-electron chi connectivity index (χ0n) is 12.2. The topological polar surface area (TPSA) is 73.6 Å². The van der Waals surface area contributed by atoms with Gasteiger partial charge in [0.25, 0.3) is 0 Å². The Hall–Kier alpha value is -1.82. The Morgan fingerprint density at radius 3 is 2.40 bits per heavy atom. The third-order valence-electron chi connectivity index (χ3n) is 3.01. The van der Waals surface area contributed by atoms with Crippen molar-refractivity contribution in [2.24, 2.45) is 5.73 Å². The van der Waals surface area contributed by atoms with E-state index in [0.717, 1.165) is 12.5 Å². The smallest absolute Gasteiger partial charge is 0.244 e. The molecule has 112 valence electrons. The number of anilines is 1. The van der Waals surface area contributed by atoms with Crippen LogP contribution in [0, 0.1) is 5.82 Å². The molecule has 0 aliphatic rings. The van der Waals surface area contributed by atoms with Crippen LogP contribution in [0.1, 0.15) is 26.7 Å². The Balaban J connectivity index is 3.01. The number of carbonyl (C=O) groups is 1. The van der Waals surface area contributed by atoms with Crippen LogP contribution < -0.4 is 20.5 Å². The number of methoxy groups -OCH3 is 2. The Bertz CT molecular complexity index is 490. The lowest BCUT2D eigenvalue weighted by Gasteiger charge is -2.23. The van der Waals surface area contributed by atoms with Gasteiger partial charge in [0, 0.05) is 12.1 Å². The van der Waals surface area contributed by atoms with Gasteiger partial charge in [-0.2, -0.15) is 0 Å². The normalized spacial score (nSPS) is 13.5. The first-order valence-corrected chi connectivity index (χ1v) is 6.37. The Kier molecular flexibility index (Phi) is 5.33. The van der Waals surface area contributed by atoms with Crippen molar-refractivity contribution in [3.8, 4) is 11.5 Å². The molecule has 0 radical (unpaired) electrons. The Morgan fingerprint density at radius 1 is 1.35 bits per heavy atom. The van der Waals surface area contributed by atoms with Gasteiger partial charge in [-0.3, -0.25) is 4.79 Å². The predicted molar refractivity (Wildman–Crippen MR) is 75.6 cm³/mol. The summed E-state index contributed by atoms with van der Waals surface area (Å²) in [5.74, 6) is -0.459. The molecular weight excluding hydrogens is 263 g/mol. The number of nitrogens with two attached hydrogens (primary N) is 1. The predicted octanol–water partition coefficient (Wildman–Crippen LogP) is 2.30. The molecule has 0 bridgehead atoms. The lowest BCUT2D eigenvalue weighted by molar-refractivity contribution is -0.120. The number of rotatable bonds is 6. The fraction of sp³-hybridized carbons (Fsp3) is 0.500. The van der Waals surface area contributed by atoms with Crippen molar-refractivity contribution in [2.45, 2.75) is 32.2 Å². The van der Waals surface area contributed by atoms with E-state index in [-0.39, 0.29) is 11.4 Å². The molecule has 0 aliphatic heterocycles. The zero-order valence-corrected chi connectivity index (χ0v) is 12.2. The number of benzene rings is 1. The first kappa shape index (κ1) is 16.2. The van der Waals surface area contributed by atoms with Crippen LogP contribution in [0.4, 0.5) is 10.1 Å². The van der Waals surface area contributed by atoms with Gasteiger partial charge in [-0.25, -0.2) is 4.39 Å². The van der Waals surface area contributed by atoms with E-state index in [9.17, 15) is 9.18 Å². The third kappa shape index (κ3) is 3.60. The van der Waals surface area contributed by atoms with Crippen LogP contribution in [0.25, 0.3) is 0 Å². The van der Waals surface area contributed by atoms with E-state index in [4.69, 9.17) is 15.2 Å². The fourth-order valence-electron chi connectivity index (χ4n) is 1.85. The molecular formula is C14H21FN2O3. The summed E-state index contributed by atoms with van der Waals surface area (Å²) in [4.78, 5) is 12.1. The number of halogens is 1. The minimum Gasteiger partial charge on any atom is -0.493 e. The molecule has 0 saturated carbocycles. The van der Waals surface area contributed by atoms with Gasteiger partial charge in [0.2, 0.25) is 5.91 Å². The van der Waals surface area contributed by atoms with Crippen LogP contribution in [0.3, 0.4) is 0 Å². The summed E-state index contributed by atoms with van der Waals surface area (Å²) < 4.78 is 23.9. The molecule has 0 heterocycles. The van der Waals surface area contributed by atoms with E-state index >= 15 is 0 Å². The number of ether oxygens (including phenoxy) is 2. The van der Waals surface area contributed by atoms with E-state index in [2.05, 4.69) is 5.32 Å². The molecule has 1 aromatic carbocycles. The average Bonchev–Trinajstić information content (AvgIpc) is 2.40. The third-order valence-corrected chi connectivity index (χ3v) is 3.01. The number of hydrogen-bond acceptors (Lipinski definition) is 4. The zero-order chi connectivity index (χ0) is 15.3. The highest BCUT2D eigenvalue weighted by atomic mass is 19.1. The average molecular weight is 284 g/mol. The summed E-state index contributed by atoms with van der Waals surface area (Å²) >= 11 is 0. The van der Waals surface area contributed by atoms with Gasteiger partial charge in [-0.05, 0) is 13.3 Å². The van der Waals surface area contributed by atoms with Crippen LogP contribution in [0.15, 0.2) is 12.1 Å². The van der Waals surface area contributed by atoms with Crippen molar-refractivity contribution in [3.63, 3.8) is 0 Å². The Labute approximate surface area is 118 Å². The second-order valence-electron chi connectivity index (χ2n) is 4.81. The number of hydrogen-bond donors (Lipinski definition) is 2. The highest BCUT2D eigenvalue weighted by molar-refractivity contribution is 5.98. The maximum Gasteiger partial charge on any atom is 0.244 e. The standard InChI is InChI=1S/C14H21FN2O3/c1-5-6-14(2,16)13(18)17-10-8-12(20-4)11(19-3)7-9(10)15/h7-8H,5-6,16H2,1-4H3,(H,17,18). The minimum atomic E-state index is -1.05. The van der Waals surface area contributed by atoms with Crippen LogP contribution >= 0.6 is 0 Å². The van der Waals surface area contributed by atoms with Gasteiger partial charge >= 0.3 is 0 Å². The van der Waals surface area contributed by atoms with Crippen molar-refractivity contribution in [3.05, 3.63) is 17.9 Å². The Morgan fingerprint density at radius 2 is 1.90 bits per heavy atom. The van der Waals surface area contributed by atoms with Crippen LogP contribution in [-0.2, 0) is 4.79 Å². The lowest BCUT2D eigenvalue weighted by atomic mass is 9.96. The second kappa shape index (κ2) is 6.56. The largest absolute Gasteiger partial charge is 0.493 e. The molecule has 1 amide bonds. The molecule has 0 aromatic heterocycles. The molecule has 1 atom stereocenters. The lowest BCUT2D eigenvalue weighted by Crippen LogP contribution is -2.48. The van der Waals surface area contributed by atoms with Crippen LogP contribution in [-0.4, -0.2) is 25.7 Å². The molecule has 0 aliphatic carbocycles. The van der Waals surface area contributed by atoms with E-state index in [1.54, 1.807) is 6.92 Å². The van der Waals surface area contributed by atoms with E-state index < -0.39 is 17.3 Å². The molecule has 0 fully saturated rings. The summed E-state index contributed by atoms with van der Waals surface area (Å²) in [6, 6.07) is 2.52. The molecule has 6 heteroatoms. The monoisotopic (exact) mass is 284 g/mol. The van der Waals surface area contributed by atoms with Crippen molar-refractivity contribution in [1.82, 2.24) is 0 Å². The van der Waals surface area contributed by atoms with Gasteiger partial charge in [-0.15, -0.1) is 0 Å². The molecule has 3 N–H and O–H groups in total. The second-order valence-corrected chi connectivity index (χ2v) is 4.81. The van der Waals surface area contributed by atoms with Crippen molar-refractivity contribution in [2.75, 3.05) is 19.5 Å². The van der Waals surface area contributed by atoms with Crippen LogP contribution in [0.2, 0.25) is 0 Å². The maximum atomic E-state index is 13.9. The molecule has 1 unspecified atom stereocenters. The number of carbonyl (C=O) groups excluding carboxylic acids is 1. The highest BCUT2D eigenvalue weighted by Crippen LogP contribution is 2.32. The van der Waals surface area contributed by atoms with Gasteiger partial charge in [0.05, 0.1) is 25.4 Å². The molecule has 1 rings (SSSR count). The van der Waals surface area contributed by atoms with Gasteiger partial charge in [-0.1, -0.05) is 13.3 Å². The van der Waals surface area contributed by atoms with E-state index in [1.165, 1.54) is 20.3 Å². The van der Waals surface area contributed by atoms with Crippen molar-refractivity contribution >= 4 is 11.6 Å². The van der Waals surface area contributed by atoms with E-state index in [0.29, 0.717) is 12.2 Å². The maximum absolute atomic E-state index is 13.9.